The first kappa shape index (κ1) is 13.8. The highest BCUT2D eigenvalue weighted by Crippen LogP contribution is 2.24. The van der Waals surface area contributed by atoms with Gasteiger partial charge in [-0.25, -0.2) is 4.39 Å². The largest absolute Gasteiger partial charge is 0.377 e. The van der Waals surface area contributed by atoms with Crippen molar-refractivity contribution in [2.45, 2.75) is 26.8 Å². The highest BCUT2D eigenvalue weighted by atomic mass is 35.5. The fourth-order valence-corrected chi connectivity index (χ4v) is 2.05. The van der Waals surface area contributed by atoms with Crippen molar-refractivity contribution in [2.24, 2.45) is 0 Å². The molecule has 1 atom stereocenters. The highest BCUT2D eigenvalue weighted by molar-refractivity contribution is 6.30. The van der Waals surface area contributed by atoms with E-state index in [0.29, 0.717) is 0 Å². The summed E-state index contributed by atoms with van der Waals surface area (Å²) in [6, 6.07) is 8.77. The van der Waals surface area contributed by atoms with Crippen LogP contribution in [0, 0.1) is 19.7 Å². The minimum Gasteiger partial charge on any atom is -0.377 e. The smallest absolute Gasteiger partial charge is 0.142 e. The van der Waals surface area contributed by atoms with E-state index in [0.717, 1.165) is 22.6 Å². The van der Waals surface area contributed by atoms with E-state index in [1.165, 1.54) is 6.07 Å². The van der Waals surface area contributed by atoms with Gasteiger partial charge >= 0.3 is 0 Å². The normalized spacial score (nSPS) is 12.3. The zero-order valence-corrected chi connectivity index (χ0v) is 11.9. The van der Waals surface area contributed by atoms with E-state index >= 15 is 0 Å². The van der Waals surface area contributed by atoms with Crippen molar-refractivity contribution < 1.29 is 4.39 Å². The maximum absolute atomic E-state index is 13.4. The number of aromatic nitrogens is 1. The lowest BCUT2D eigenvalue weighted by Crippen LogP contribution is -2.08. The molecular formula is C15H16ClFN2. The molecule has 0 saturated heterocycles. The second-order valence-corrected chi connectivity index (χ2v) is 5.03. The van der Waals surface area contributed by atoms with Crippen LogP contribution in [0.2, 0.25) is 5.02 Å². The van der Waals surface area contributed by atoms with Crippen molar-refractivity contribution >= 4 is 17.3 Å². The monoisotopic (exact) mass is 278 g/mol. The van der Waals surface area contributed by atoms with E-state index in [1.54, 1.807) is 6.07 Å². The summed E-state index contributed by atoms with van der Waals surface area (Å²) in [6.07, 6.45) is 0. The summed E-state index contributed by atoms with van der Waals surface area (Å²) < 4.78 is 13.4. The molecule has 0 bridgehead atoms. The Labute approximate surface area is 117 Å². The molecule has 19 heavy (non-hydrogen) atoms. The predicted molar refractivity (Wildman–Crippen MR) is 77.2 cm³/mol. The summed E-state index contributed by atoms with van der Waals surface area (Å²) in [4.78, 5) is 4.39. The average molecular weight is 279 g/mol. The SMILES string of the molecule is Cc1ccc(NC(C)c2ccc(Cl)c(F)c2)c(C)n1. The van der Waals surface area contributed by atoms with Gasteiger partial charge in [0.2, 0.25) is 0 Å². The number of pyridine rings is 1. The molecule has 0 radical (unpaired) electrons. The number of rotatable bonds is 3. The molecule has 1 N–H and O–H groups in total. The van der Waals surface area contributed by atoms with Gasteiger partial charge in [-0.05, 0) is 50.6 Å². The first-order valence-electron chi connectivity index (χ1n) is 6.13. The van der Waals surface area contributed by atoms with Gasteiger partial charge in [0, 0.05) is 11.7 Å². The van der Waals surface area contributed by atoms with Gasteiger partial charge in [0.05, 0.1) is 16.4 Å². The maximum Gasteiger partial charge on any atom is 0.142 e. The Kier molecular flexibility index (Phi) is 4.05. The van der Waals surface area contributed by atoms with Crippen LogP contribution in [0.1, 0.15) is 29.9 Å². The van der Waals surface area contributed by atoms with Gasteiger partial charge in [0.15, 0.2) is 0 Å². The van der Waals surface area contributed by atoms with Crippen LogP contribution in [0.3, 0.4) is 0 Å². The van der Waals surface area contributed by atoms with Crippen molar-refractivity contribution in [3.63, 3.8) is 0 Å². The number of nitrogens with one attached hydrogen (secondary N) is 1. The van der Waals surface area contributed by atoms with E-state index in [9.17, 15) is 4.39 Å². The van der Waals surface area contributed by atoms with Gasteiger partial charge in [-0.15, -0.1) is 0 Å². The standard InChI is InChI=1S/C15H16ClFN2/c1-9-4-7-15(11(3)18-9)19-10(2)12-5-6-13(16)14(17)8-12/h4-8,10,19H,1-3H3. The topological polar surface area (TPSA) is 24.9 Å². The van der Waals surface area contributed by atoms with Crippen LogP contribution in [0.25, 0.3) is 0 Å². The number of halogens is 2. The molecule has 1 heterocycles. The zero-order chi connectivity index (χ0) is 14.0. The van der Waals surface area contributed by atoms with Crippen LogP contribution in [0.4, 0.5) is 10.1 Å². The van der Waals surface area contributed by atoms with Crippen molar-refractivity contribution in [3.05, 3.63) is 58.1 Å². The third-order valence-electron chi connectivity index (χ3n) is 3.04. The fourth-order valence-electron chi connectivity index (χ4n) is 1.94. The third-order valence-corrected chi connectivity index (χ3v) is 3.35. The Morgan fingerprint density at radius 3 is 2.58 bits per heavy atom. The maximum atomic E-state index is 13.4. The highest BCUT2D eigenvalue weighted by Gasteiger charge is 2.10. The molecule has 0 spiro atoms. The van der Waals surface area contributed by atoms with Crippen LogP contribution in [-0.4, -0.2) is 4.98 Å². The lowest BCUT2D eigenvalue weighted by Gasteiger charge is -2.17. The minimum atomic E-state index is -0.397. The Bertz CT molecular complexity index is 599. The Morgan fingerprint density at radius 2 is 1.95 bits per heavy atom. The molecule has 0 aliphatic rings. The summed E-state index contributed by atoms with van der Waals surface area (Å²) in [5.74, 6) is -0.397. The lowest BCUT2D eigenvalue weighted by atomic mass is 10.1. The van der Waals surface area contributed by atoms with Crippen molar-refractivity contribution in [2.75, 3.05) is 5.32 Å². The number of anilines is 1. The molecule has 0 saturated carbocycles. The van der Waals surface area contributed by atoms with Crippen LogP contribution in [0.5, 0.6) is 0 Å². The molecular weight excluding hydrogens is 263 g/mol. The van der Waals surface area contributed by atoms with E-state index in [1.807, 2.05) is 39.0 Å². The Morgan fingerprint density at radius 1 is 1.21 bits per heavy atom. The van der Waals surface area contributed by atoms with Gasteiger partial charge in [0.1, 0.15) is 5.82 Å². The van der Waals surface area contributed by atoms with E-state index in [4.69, 9.17) is 11.6 Å². The second-order valence-electron chi connectivity index (χ2n) is 4.63. The number of benzene rings is 1. The van der Waals surface area contributed by atoms with E-state index in [2.05, 4.69) is 10.3 Å². The first-order chi connectivity index (χ1) is 8.97. The average Bonchev–Trinajstić information content (AvgIpc) is 2.36. The molecule has 2 aromatic rings. The minimum absolute atomic E-state index is 0.0185. The van der Waals surface area contributed by atoms with Crippen molar-refractivity contribution in [3.8, 4) is 0 Å². The van der Waals surface area contributed by atoms with E-state index in [-0.39, 0.29) is 11.1 Å². The number of hydrogen-bond donors (Lipinski definition) is 1. The summed E-state index contributed by atoms with van der Waals surface area (Å²) in [7, 11) is 0. The second kappa shape index (κ2) is 5.57. The van der Waals surface area contributed by atoms with Gasteiger partial charge in [-0.1, -0.05) is 17.7 Å². The fraction of sp³-hybridized carbons (Fsp3) is 0.267. The third kappa shape index (κ3) is 3.24. The summed E-state index contributed by atoms with van der Waals surface area (Å²) in [5.41, 5.74) is 3.71. The van der Waals surface area contributed by atoms with Gasteiger partial charge in [0.25, 0.3) is 0 Å². The number of nitrogens with zero attached hydrogens (tertiary/aromatic N) is 1. The molecule has 0 aliphatic carbocycles. The number of aryl methyl sites for hydroxylation is 2. The molecule has 2 nitrogen and oxygen atoms in total. The summed E-state index contributed by atoms with van der Waals surface area (Å²) in [6.45, 7) is 5.88. The summed E-state index contributed by atoms with van der Waals surface area (Å²) >= 11 is 5.68. The van der Waals surface area contributed by atoms with Crippen LogP contribution < -0.4 is 5.32 Å². The van der Waals surface area contributed by atoms with Gasteiger partial charge in [-0.2, -0.15) is 0 Å². The molecule has 1 unspecified atom stereocenters. The molecule has 0 amide bonds. The molecule has 4 heteroatoms. The first-order valence-corrected chi connectivity index (χ1v) is 6.51. The molecule has 100 valence electrons. The van der Waals surface area contributed by atoms with Crippen LogP contribution >= 0.6 is 11.6 Å². The summed E-state index contributed by atoms with van der Waals surface area (Å²) in [5, 5.41) is 3.47. The molecule has 0 fully saturated rings. The Hall–Kier alpha value is -1.61. The molecule has 2 rings (SSSR count). The van der Waals surface area contributed by atoms with E-state index < -0.39 is 5.82 Å². The molecule has 1 aromatic heterocycles. The lowest BCUT2D eigenvalue weighted by molar-refractivity contribution is 0.624. The quantitative estimate of drug-likeness (QED) is 0.883. The van der Waals surface area contributed by atoms with Gasteiger partial charge < -0.3 is 5.32 Å². The van der Waals surface area contributed by atoms with Gasteiger partial charge in [-0.3, -0.25) is 4.98 Å². The van der Waals surface area contributed by atoms with Crippen molar-refractivity contribution in [1.82, 2.24) is 4.98 Å². The van der Waals surface area contributed by atoms with Crippen molar-refractivity contribution in [1.29, 1.82) is 0 Å². The zero-order valence-electron chi connectivity index (χ0n) is 11.2. The number of hydrogen-bond acceptors (Lipinski definition) is 2. The molecule has 1 aromatic carbocycles. The Balaban J connectivity index is 2.20. The van der Waals surface area contributed by atoms with Crippen LogP contribution in [-0.2, 0) is 0 Å². The molecule has 0 aliphatic heterocycles. The van der Waals surface area contributed by atoms with Crippen LogP contribution in [0.15, 0.2) is 30.3 Å². The predicted octanol–water partition coefficient (Wildman–Crippen LogP) is 4.66.